The SMILES string of the molecule is O=C(Nc1cccc(C(F)(F)F)c1)[C@H]1C[C@@H]1c1cc(Cl)cc(Cl)c1. The second-order valence-corrected chi connectivity index (χ2v) is 6.59. The summed E-state index contributed by atoms with van der Waals surface area (Å²) in [6, 6.07) is 9.67. The zero-order chi connectivity index (χ0) is 17.5. The van der Waals surface area contributed by atoms with Gasteiger partial charge in [-0.15, -0.1) is 0 Å². The lowest BCUT2D eigenvalue weighted by molar-refractivity contribution is -0.137. The number of carbonyl (C=O) groups excluding carboxylic acids is 1. The van der Waals surface area contributed by atoms with Crippen LogP contribution in [0.2, 0.25) is 10.0 Å². The van der Waals surface area contributed by atoms with Gasteiger partial charge in [-0.25, -0.2) is 0 Å². The first-order valence-electron chi connectivity index (χ1n) is 7.18. The van der Waals surface area contributed by atoms with Crippen LogP contribution in [0.4, 0.5) is 18.9 Å². The third-order valence-electron chi connectivity index (χ3n) is 3.90. The van der Waals surface area contributed by atoms with Crippen molar-refractivity contribution in [2.45, 2.75) is 18.5 Å². The van der Waals surface area contributed by atoms with E-state index in [2.05, 4.69) is 5.32 Å². The molecular weight excluding hydrogens is 362 g/mol. The Hall–Kier alpha value is -1.72. The molecule has 0 aromatic heterocycles. The summed E-state index contributed by atoms with van der Waals surface area (Å²) in [6.07, 6.45) is -3.83. The molecule has 1 fully saturated rings. The van der Waals surface area contributed by atoms with Crippen LogP contribution in [0.15, 0.2) is 42.5 Å². The lowest BCUT2D eigenvalue weighted by atomic mass is 10.1. The third kappa shape index (κ3) is 3.84. The number of nitrogens with one attached hydrogen (secondary N) is 1. The van der Waals surface area contributed by atoms with Gasteiger partial charge in [-0.1, -0.05) is 29.3 Å². The Kier molecular flexibility index (Phi) is 4.49. The second kappa shape index (κ2) is 6.30. The maximum Gasteiger partial charge on any atom is 0.416 e. The molecule has 0 bridgehead atoms. The molecule has 3 rings (SSSR count). The van der Waals surface area contributed by atoms with Crippen molar-refractivity contribution in [1.29, 1.82) is 0 Å². The minimum Gasteiger partial charge on any atom is -0.326 e. The van der Waals surface area contributed by atoms with Gasteiger partial charge in [-0.05, 0) is 54.3 Å². The van der Waals surface area contributed by atoms with Crippen molar-refractivity contribution >= 4 is 34.8 Å². The van der Waals surface area contributed by atoms with Gasteiger partial charge < -0.3 is 5.32 Å². The zero-order valence-corrected chi connectivity index (χ0v) is 13.7. The van der Waals surface area contributed by atoms with Crippen LogP contribution in [-0.4, -0.2) is 5.91 Å². The van der Waals surface area contributed by atoms with Crippen LogP contribution in [0.1, 0.15) is 23.5 Å². The highest BCUT2D eigenvalue weighted by Gasteiger charge is 2.44. The van der Waals surface area contributed by atoms with Crippen molar-refractivity contribution in [3.05, 3.63) is 63.6 Å². The van der Waals surface area contributed by atoms with E-state index < -0.39 is 11.7 Å². The van der Waals surface area contributed by atoms with Crippen molar-refractivity contribution in [1.82, 2.24) is 0 Å². The molecule has 2 aromatic carbocycles. The number of rotatable bonds is 3. The van der Waals surface area contributed by atoms with Gasteiger partial charge in [0.15, 0.2) is 0 Å². The van der Waals surface area contributed by atoms with E-state index in [1.54, 1.807) is 18.2 Å². The van der Waals surface area contributed by atoms with E-state index in [0.717, 1.165) is 17.7 Å². The molecule has 1 aliphatic rings. The van der Waals surface area contributed by atoms with Gasteiger partial charge in [-0.2, -0.15) is 13.2 Å². The minimum atomic E-state index is -4.44. The molecule has 0 heterocycles. The number of benzene rings is 2. The number of alkyl halides is 3. The van der Waals surface area contributed by atoms with E-state index >= 15 is 0 Å². The molecule has 24 heavy (non-hydrogen) atoms. The van der Waals surface area contributed by atoms with Crippen LogP contribution >= 0.6 is 23.2 Å². The molecule has 2 nitrogen and oxygen atoms in total. The fraction of sp³-hybridized carbons (Fsp3) is 0.235. The standard InChI is InChI=1S/C17H12Cl2F3NO/c18-11-4-9(5-12(19)7-11)14-8-15(14)16(24)23-13-3-1-2-10(6-13)17(20,21)22/h1-7,14-15H,8H2,(H,23,24)/t14-,15+/m1/s1. The summed E-state index contributed by atoms with van der Waals surface area (Å²) < 4.78 is 38.1. The second-order valence-electron chi connectivity index (χ2n) is 5.72. The number of hydrogen-bond donors (Lipinski definition) is 1. The molecule has 0 saturated heterocycles. The molecule has 0 aliphatic heterocycles. The van der Waals surface area contributed by atoms with Crippen molar-refractivity contribution in [2.75, 3.05) is 5.32 Å². The summed E-state index contributed by atoms with van der Waals surface area (Å²) >= 11 is 11.9. The molecule has 1 amide bonds. The number of anilines is 1. The van der Waals surface area contributed by atoms with Gasteiger partial charge in [0.25, 0.3) is 0 Å². The molecule has 1 saturated carbocycles. The Labute approximate surface area is 146 Å². The lowest BCUT2D eigenvalue weighted by Gasteiger charge is -2.10. The van der Waals surface area contributed by atoms with E-state index in [0.29, 0.717) is 16.5 Å². The van der Waals surface area contributed by atoms with Crippen molar-refractivity contribution in [3.8, 4) is 0 Å². The summed E-state index contributed by atoms with van der Waals surface area (Å²) in [7, 11) is 0. The molecule has 0 spiro atoms. The Morgan fingerprint density at radius 1 is 1.08 bits per heavy atom. The molecule has 2 aromatic rings. The predicted octanol–water partition coefficient (Wildman–Crippen LogP) is 5.75. The van der Waals surface area contributed by atoms with E-state index in [9.17, 15) is 18.0 Å². The van der Waals surface area contributed by atoms with Crippen LogP contribution in [0, 0.1) is 5.92 Å². The fourth-order valence-electron chi connectivity index (χ4n) is 2.65. The highest BCUT2D eigenvalue weighted by molar-refractivity contribution is 6.34. The summed E-state index contributed by atoms with van der Waals surface area (Å²) in [5.74, 6) is -0.628. The first kappa shape index (κ1) is 17.1. The molecule has 0 unspecified atom stereocenters. The first-order chi connectivity index (χ1) is 11.2. The summed E-state index contributed by atoms with van der Waals surface area (Å²) in [4.78, 5) is 12.2. The van der Waals surface area contributed by atoms with Gasteiger partial charge in [0.05, 0.1) is 5.56 Å². The zero-order valence-electron chi connectivity index (χ0n) is 12.2. The van der Waals surface area contributed by atoms with Crippen LogP contribution < -0.4 is 5.32 Å². The molecule has 126 valence electrons. The van der Waals surface area contributed by atoms with Crippen LogP contribution in [0.5, 0.6) is 0 Å². The smallest absolute Gasteiger partial charge is 0.326 e. The van der Waals surface area contributed by atoms with Gasteiger partial charge in [0.1, 0.15) is 0 Å². The maximum absolute atomic E-state index is 12.7. The van der Waals surface area contributed by atoms with E-state index in [1.165, 1.54) is 12.1 Å². The number of hydrogen-bond acceptors (Lipinski definition) is 1. The molecule has 1 N–H and O–H groups in total. The third-order valence-corrected chi connectivity index (χ3v) is 4.33. The Bertz CT molecular complexity index is 771. The molecular formula is C17H12Cl2F3NO. The highest BCUT2D eigenvalue weighted by Crippen LogP contribution is 2.49. The van der Waals surface area contributed by atoms with Crippen molar-refractivity contribution in [3.63, 3.8) is 0 Å². The molecule has 7 heteroatoms. The quantitative estimate of drug-likeness (QED) is 0.728. The van der Waals surface area contributed by atoms with Gasteiger partial charge in [-0.3, -0.25) is 4.79 Å². The Balaban J connectivity index is 1.69. The molecule has 0 radical (unpaired) electrons. The van der Waals surface area contributed by atoms with Crippen molar-refractivity contribution < 1.29 is 18.0 Å². The maximum atomic E-state index is 12.7. The van der Waals surface area contributed by atoms with Gasteiger partial charge in [0.2, 0.25) is 5.91 Å². The largest absolute Gasteiger partial charge is 0.416 e. The van der Waals surface area contributed by atoms with Crippen LogP contribution in [0.25, 0.3) is 0 Å². The summed E-state index contributed by atoms with van der Waals surface area (Å²) in [6.45, 7) is 0. The summed E-state index contributed by atoms with van der Waals surface area (Å²) in [5, 5.41) is 3.52. The highest BCUT2D eigenvalue weighted by atomic mass is 35.5. The number of halogens is 5. The van der Waals surface area contributed by atoms with Crippen LogP contribution in [0.3, 0.4) is 0 Å². The van der Waals surface area contributed by atoms with Gasteiger partial charge in [0, 0.05) is 21.7 Å². The van der Waals surface area contributed by atoms with E-state index in [4.69, 9.17) is 23.2 Å². The van der Waals surface area contributed by atoms with Gasteiger partial charge >= 0.3 is 6.18 Å². The van der Waals surface area contributed by atoms with E-state index in [-0.39, 0.29) is 23.4 Å². The topological polar surface area (TPSA) is 29.1 Å². The van der Waals surface area contributed by atoms with Crippen LogP contribution in [-0.2, 0) is 11.0 Å². The summed E-state index contributed by atoms with van der Waals surface area (Å²) in [5.41, 5.74) is 0.190. The Morgan fingerprint density at radius 2 is 1.75 bits per heavy atom. The molecule has 1 aliphatic carbocycles. The van der Waals surface area contributed by atoms with E-state index in [1.807, 2.05) is 0 Å². The normalized spacial score (nSPS) is 19.9. The fourth-order valence-corrected chi connectivity index (χ4v) is 3.19. The number of amides is 1. The number of carbonyl (C=O) groups is 1. The first-order valence-corrected chi connectivity index (χ1v) is 7.94. The Morgan fingerprint density at radius 3 is 2.38 bits per heavy atom. The van der Waals surface area contributed by atoms with Crippen molar-refractivity contribution in [2.24, 2.45) is 5.92 Å². The molecule has 2 atom stereocenters. The minimum absolute atomic E-state index is 0.0213. The lowest BCUT2D eigenvalue weighted by Crippen LogP contribution is -2.15. The predicted molar refractivity (Wildman–Crippen MR) is 87.4 cm³/mol. The average Bonchev–Trinajstić information content (AvgIpc) is 3.26. The monoisotopic (exact) mass is 373 g/mol. The average molecular weight is 374 g/mol.